The van der Waals surface area contributed by atoms with Crippen LogP contribution < -0.4 is 10.2 Å². The molecule has 30 heavy (non-hydrogen) atoms. The molecule has 1 unspecified atom stereocenters. The fourth-order valence-corrected chi connectivity index (χ4v) is 4.21. The molecule has 0 saturated heterocycles. The van der Waals surface area contributed by atoms with Gasteiger partial charge < -0.3 is 4.74 Å². The fourth-order valence-electron chi connectivity index (χ4n) is 2.72. The normalized spacial score (nSPS) is 14.0. The van der Waals surface area contributed by atoms with Crippen LogP contribution in [0.1, 0.15) is 24.5 Å². The monoisotopic (exact) mass is 455 g/mol. The van der Waals surface area contributed by atoms with Gasteiger partial charge >= 0.3 is 0 Å². The second-order valence-electron chi connectivity index (χ2n) is 7.29. The van der Waals surface area contributed by atoms with Crippen LogP contribution in [0.5, 0.6) is 5.75 Å². The standard InChI is InChI=1S/C20H25NO7S2/c1-20(19(22)21-23,30(3,26)27)13-12-15-4-8-17(9-5-15)28-14-16-6-10-18(11-7-16)29(2,24)25/h4-11,23H,12-14H2,1-3H3,(H,21,22). The lowest BCUT2D eigenvalue weighted by atomic mass is 9.99. The summed E-state index contributed by atoms with van der Waals surface area (Å²) < 4.78 is 50.9. The molecular weight excluding hydrogens is 430 g/mol. The van der Waals surface area contributed by atoms with E-state index in [9.17, 15) is 21.6 Å². The molecule has 2 rings (SSSR count). The molecule has 0 aliphatic rings. The first kappa shape index (κ1) is 23.8. The predicted molar refractivity (Wildman–Crippen MR) is 112 cm³/mol. The summed E-state index contributed by atoms with van der Waals surface area (Å²) in [7, 11) is -6.98. The van der Waals surface area contributed by atoms with E-state index in [0.29, 0.717) is 12.2 Å². The summed E-state index contributed by atoms with van der Waals surface area (Å²) in [6.45, 7) is 1.53. The Labute approximate surface area is 176 Å². The van der Waals surface area contributed by atoms with Crippen LogP contribution in [0, 0.1) is 0 Å². The number of amides is 1. The third kappa shape index (κ3) is 5.80. The number of nitrogens with one attached hydrogen (secondary N) is 1. The highest BCUT2D eigenvalue weighted by molar-refractivity contribution is 7.92. The summed E-state index contributed by atoms with van der Waals surface area (Å²) >= 11 is 0. The molecule has 0 fully saturated rings. The van der Waals surface area contributed by atoms with Crippen molar-refractivity contribution in [3.05, 3.63) is 59.7 Å². The average molecular weight is 456 g/mol. The number of aryl methyl sites for hydroxylation is 1. The largest absolute Gasteiger partial charge is 0.489 e. The van der Waals surface area contributed by atoms with Gasteiger partial charge in [0.05, 0.1) is 4.90 Å². The molecule has 0 spiro atoms. The maximum Gasteiger partial charge on any atom is 0.264 e. The van der Waals surface area contributed by atoms with Gasteiger partial charge in [0.2, 0.25) is 0 Å². The molecule has 1 atom stereocenters. The van der Waals surface area contributed by atoms with E-state index in [-0.39, 0.29) is 17.9 Å². The van der Waals surface area contributed by atoms with Crippen molar-refractivity contribution in [1.29, 1.82) is 0 Å². The fraction of sp³-hybridized carbons (Fsp3) is 0.350. The highest BCUT2D eigenvalue weighted by atomic mass is 32.2. The van der Waals surface area contributed by atoms with E-state index < -0.39 is 30.3 Å². The van der Waals surface area contributed by atoms with Gasteiger partial charge in [0.1, 0.15) is 17.1 Å². The molecule has 0 saturated carbocycles. The Kier molecular flexibility index (Phi) is 7.27. The van der Waals surface area contributed by atoms with Crippen molar-refractivity contribution < 1.29 is 31.6 Å². The van der Waals surface area contributed by atoms with E-state index in [1.807, 2.05) is 0 Å². The van der Waals surface area contributed by atoms with Crippen LogP contribution in [-0.4, -0.2) is 45.2 Å². The van der Waals surface area contributed by atoms with Gasteiger partial charge in [-0.15, -0.1) is 0 Å². The molecule has 2 aromatic carbocycles. The molecule has 2 N–H and O–H groups in total. The summed E-state index contributed by atoms with van der Waals surface area (Å²) in [6, 6.07) is 13.4. The Morgan fingerprint density at radius 2 is 1.50 bits per heavy atom. The molecule has 0 aromatic heterocycles. The number of benzene rings is 2. The molecule has 0 bridgehead atoms. The molecule has 0 radical (unpaired) electrons. The van der Waals surface area contributed by atoms with E-state index in [4.69, 9.17) is 9.94 Å². The molecule has 164 valence electrons. The van der Waals surface area contributed by atoms with Crippen molar-refractivity contribution in [1.82, 2.24) is 5.48 Å². The first-order chi connectivity index (χ1) is 13.9. The van der Waals surface area contributed by atoms with Gasteiger partial charge in [-0.3, -0.25) is 10.0 Å². The van der Waals surface area contributed by atoms with E-state index in [2.05, 4.69) is 0 Å². The molecule has 0 heterocycles. The third-order valence-electron chi connectivity index (χ3n) is 4.97. The Bertz CT molecular complexity index is 1090. The maximum absolute atomic E-state index is 12.0. The highest BCUT2D eigenvalue weighted by Crippen LogP contribution is 2.24. The number of hydroxylamine groups is 1. The lowest BCUT2D eigenvalue weighted by Gasteiger charge is -2.25. The summed E-state index contributed by atoms with van der Waals surface area (Å²) in [5, 5.41) is 8.86. The van der Waals surface area contributed by atoms with Crippen molar-refractivity contribution in [2.75, 3.05) is 12.5 Å². The average Bonchev–Trinajstić information content (AvgIpc) is 2.69. The van der Waals surface area contributed by atoms with Gasteiger partial charge in [-0.05, 0) is 55.2 Å². The number of hydrogen-bond acceptors (Lipinski definition) is 7. The van der Waals surface area contributed by atoms with Crippen LogP contribution in [0.3, 0.4) is 0 Å². The molecule has 0 aliphatic heterocycles. The Hall–Kier alpha value is -2.43. The molecular formula is C20H25NO7S2. The quantitative estimate of drug-likeness (QED) is 0.437. The molecule has 8 nitrogen and oxygen atoms in total. The van der Waals surface area contributed by atoms with Crippen LogP contribution in [0.25, 0.3) is 0 Å². The first-order valence-corrected chi connectivity index (χ1v) is 12.8. The maximum atomic E-state index is 12.0. The predicted octanol–water partition coefficient (Wildman–Crippen LogP) is 1.91. The third-order valence-corrected chi connectivity index (χ3v) is 8.13. The summed E-state index contributed by atoms with van der Waals surface area (Å²) in [4.78, 5) is 12.1. The SMILES string of the molecule is CC(CCc1ccc(OCc2ccc(S(C)(=O)=O)cc2)cc1)(C(=O)NO)S(C)(=O)=O. The smallest absolute Gasteiger partial charge is 0.264 e. The van der Waals surface area contributed by atoms with E-state index in [1.165, 1.54) is 24.5 Å². The van der Waals surface area contributed by atoms with Gasteiger partial charge in [-0.25, -0.2) is 22.3 Å². The topological polar surface area (TPSA) is 127 Å². The molecule has 2 aromatic rings. The van der Waals surface area contributed by atoms with Crippen LogP contribution in [0.4, 0.5) is 0 Å². The number of ether oxygens (including phenoxy) is 1. The van der Waals surface area contributed by atoms with E-state index in [1.54, 1.807) is 36.4 Å². The minimum absolute atomic E-state index is 0.00507. The number of hydrogen-bond donors (Lipinski definition) is 2. The number of rotatable bonds is 9. The van der Waals surface area contributed by atoms with Gasteiger partial charge in [-0.2, -0.15) is 0 Å². The number of sulfone groups is 2. The van der Waals surface area contributed by atoms with E-state index >= 15 is 0 Å². The second-order valence-corrected chi connectivity index (χ2v) is 11.8. The van der Waals surface area contributed by atoms with Crippen molar-refractivity contribution >= 4 is 25.6 Å². The zero-order valence-electron chi connectivity index (χ0n) is 17.0. The summed E-state index contributed by atoms with van der Waals surface area (Å²) in [5.41, 5.74) is 3.05. The van der Waals surface area contributed by atoms with Crippen molar-refractivity contribution in [3.63, 3.8) is 0 Å². The van der Waals surface area contributed by atoms with Crippen LogP contribution in [0.2, 0.25) is 0 Å². The molecule has 1 amide bonds. The van der Waals surface area contributed by atoms with E-state index in [0.717, 1.165) is 23.6 Å². The minimum Gasteiger partial charge on any atom is -0.489 e. The van der Waals surface area contributed by atoms with Gasteiger partial charge in [0.25, 0.3) is 5.91 Å². The van der Waals surface area contributed by atoms with Crippen LogP contribution >= 0.6 is 0 Å². The minimum atomic E-state index is -3.74. The van der Waals surface area contributed by atoms with Crippen LogP contribution in [0.15, 0.2) is 53.4 Å². The van der Waals surface area contributed by atoms with Crippen molar-refractivity contribution in [3.8, 4) is 5.75 Å². The second kappa shape index (κ2) is 9.15. The van der Waals surface area contributed by atoms with Crippen LogP contribution in [-0.2, 0) is 37.5 Å². The highest BCUT2D eigenvalue weighted by Gasteiger charge is 2.43. The lowest BCUT2D eigenvalue weighted by Crippen LogP contribution is -2.49. The summed E-state index contributed by atoms with van der Waals surface area (Å²) in [5.74, 6) is -0.378. The lowest BCUT2D eigenvalue weighted by molar-refractivity contribution is -0.131. The molecule has 10 heteroatoms. The Balaban J connectivity index is 1.99. The van der Waals surface area contributed by atoms with Crippen molar-refractivity contribution in [2.45, 2.75) is 36.0 Å². The molecule has 0 aliphatic carbocycles. The number of carbonyl (C=O) groups excluding carboxylic acids is 1. The zero-order chi connectivity index (χ0) is 22.6. The van der Waals surface area contributed by atoms with Crippen molar-refractivity contribution in [2.24, 2.45) is 0 Å². The van der Waals surface area contributed by atoms with Gasteiger partial charge in [0, 0.05) is 12.5 Å². The summed E-state index contributed by atoms with van der Waals surface area (Å²) in [6.07, 6.45) is 2.42. The zero-order valence-corrected chi connectivity index (χ0v) is 18.6. The van der Waals surface area contributed by atoms with Gasteiger partial charge in [-0.1, -0.05) is 24.3 Å². The van der Waals surface area contributed by atoms with Gasteiger partial charge in [0.15, 0.2) is 19.7 Å². The number of carbonyl (C=O) groups is 1. The Morgan fingerprint density at radius 3 is 1.97 bits per heavy atom. The Morgan fingerprint density at radius 1 is 0.967 bits per heavy atom. The first-order valence-electron chi connectivity index (χ1n) is 9.02.